The zero-order valence-electron chi connectivity index (χ0n) is 23.8. The molecule has 8 rings (SSSR count). The van der Waals surface area contributed by atoms with Gasteiger partial charge in [-0.2, -0.15) is 0 Å². The van der Waals surface area contributed by atoms with Crippen molar-refractivity contribution in [3.05, 3.63) is 138 Å². The Kier molecular flexibility index (Phi) is 5.08. The third kappa shape index (κ3) is 3.29. The van der Waals surface area contributed by atoms with E-state index in [1.165, 1.54) is 27.8 Å². The van der Waals surface area contributed by atoms with Gasteiger partial charge in [0.05, 0.1) is 16.6 Å². The molecule has 1 saturated heterocycles. The standard InChI is InChI=1S/C37H31BO3/c1-35(2)36(3,4)41-38(40-35)32-19-11-7-13-25(32)24-21-22-34-31(23-24)37(30-18-10-12-20-33(30)39-34)28-16-8-5-14-26(28)27-15-6-9-17-29(27)37/h5-23H,1-4H3. The minimum Gasteiger partial charge on any atom is -0.457 e. The van der Waals surface area contributed by atoms with Gasteiger partial charge in [-0.15, -0.1) is 0 Å². The Morgan fingerprint density at radius 1 is 0.488 bits per heavy atom. The van der Waals surface area contributed by atoms with E-state index in [0.29, 0.717) is 0 Å². The molecular formula is C37H31BO3. The maximum Gasteiger partial charge on any atom is 0.495 e. The van der Waals surface area contributed by atoms with Gasteiger partial charge in [0, 0.05) is 11.1 Å². The molecule has 1 aliphatic carbocycles. The van der Waals surface area contributed by atoms with Gasteiger partial charge in [0.15, 0.2) is 0 Å². The van der Waals surface area contributed by atoms with Crippen molar-refractivity contribution < 1.29 is 14.0 Å². The lowest BCUT2D eigenvalue weighted by Crippen LogP contribution is -2.41. The van der Waals surface area contributed by atoms with E-state index in [-0.39, 0.29) is 0 Å². The summed E-state index contributed by atoms with van der Waals surface area (Å²) in [5, 5.41) is 0. The second-order valence-electron chi connectivity index (χ2n) is 12.3. The summed E-state index contributed by atoms with van der Waals surface area (Å²) < 4.78 is 19.6. The topological polar surface area (TPSA) is 27.7 Å². The van der Waals surface area contributed by atoms with Crippen LogP contribution in [-0.2, 0) is 14.7 Å². The van der Waals surface area contributed by atoms with Crippen molar-refractivity contribution in [2.45, 2.75) is 44.3 Å². The zero-order valence-corrected chi connectivity index (χ0v) is 23.8. The normalized spacial score (nSPS) is 18.3. The molecule has 0 saturated carbocycles. The van der Waals surface area contributed by atoms with Crippen molar-refractivity contribution in [3.8, 4) is 33.8 Å². The van der Waals surface area contributed by atoms with E-state index >= 15 is 0 Å². The van der Waals surface area contributed by atoms with Gasteiger partial charge in [0.2, 0.25) is 0 Å². The molecule has 0 atom stereocenters. The number of benzene rings is 5. The molecule has 5 aromatic rings. The van der Waals surface area contributed by atoms with E-state index in [0.717, 1.165) is 33.7 Å². The third-order valence-corrected chi connectivity index (χ3v) is 9.63. The van der Waals surface area contributed by atoms with Gasteiger partial charge >= 0.3 is 7.12 Å². The van der Waals surface area contributed by atoms with Gasteiger partial charge in [-0.3, -0.25) is 0 Å². The Balaban J connectivity index is 1.38. The summed E-state index contributed by atoms with van der Waals surface area (Å²) in [5.74, 6) is 1.78. The highest BCUT2D eigenvalue weighted by molar-refractivity contribution is 6.63. The fourth-order valence-corrected chi connectivity index (χ4v) is 6.96. The molecule has 41 heavy (non-hydrogen) atoms. The molecule has 3 nitrogen and oxygen atoms in total. The first-order valence-corrected chi connectivity index (χ1v) is 14.4. The molecule has 3 aliphatic rings. The molecular weight excluding hydrogens is 503 g/mol. The summed E-state index contributed by atoms with van der Waals surface area (Å²) >= 11 is 0. The molecule has 0 radical (unpaired) electrons. The quantitative estimate of drug-likeness (QED) is 0.210. The van der Waals surface area contributed by atoms with Crippen LogP contribution in [0.3, 0.4) is 0 Å². The summed E-state index contributed by atoms with van der Waals surface area (Å²) in [5.41, 5.74) is 9.35. The molecule has 0 unspecified atom stereocenters. The summed E-state index contributed by atoms with van der Waals surface area (Å²) in [6.07, 6.45) is 0. The van der Waals surface area contributed by atoms with Crippen LogP contribution in [0, 0.1) is 0 Å². The van der Waals surface area contributed by atoms with Crippen LogP contribution >= 0.6 is 0 Å². The van der Waals surface area contributed by atoms with E-state index in [2.05, 4.69) is 143 Å². The van der Waals surface area contributed by atoms with Crippen molar-refractivity contribution in [2.24, 2.45) is 0 Å². The van der Waals surface area contributed by atoms with Gasteiger partial charge in [0.25, 0.3) is 0 Å². The van der Waals surface area contributed by atoms with E-state index < -0.39 is 23.7 Å². The number of para-hydroxylation sites is 1. The van der Waals surface area contributed by atoms with Gasteiger partial charge in [-0.05, 0) is 84.7 Å². The Morgan fingerprint density at radius 3 is 1.66 bits per heavy atom. The van der Waals surface area contributed by atoms with E-state index in [1.54, 1.807) is 0 Å². The number of fused-ring (bicyclic) bond motifs is 9. The molecule has 200 valence electrons. The second-order valence-corrected chi connectivity index (χ2v) is 12.3. The fourth-order valence-electron chi connectivity index (χ4n) is 6.96. The number of hydrogen-bond acceptors (Lipinski definition) is 3. The monoisotopic (exact) mass is 534 g/mol. The average molecular weight is 534 g/mol. The highest BCUT2D eigenvalue weighted by atomic mass is 16.7. The van der Waals surface area contributed by atoms with Crippen LogP contribution in [0.25, 0.3) is 22.3 Å². The maximum atomic E-state index is 6.62. The Labute approximate surface area is 241 Å². The third-order valence-electron chi connectivity index (χ3n) is 9.63. The summed E-state index contributed by atoms with van der Waals surface area (Å²) in [7, 11) is -0.453. The fraction of sp³-hybridized carbons (Fsp3) is 0.189. The molecule has 0 amide bonds. The lowest BCUT2D eigenvalue weighted by Gasteiger charge is -2.39. The molecule has 0 bridgehead atoms. The van der Waals surface area contributed by atoms with Crippen molar-refractivity contribution >= 4 is 12.6 Å². The summed E-state index contributed by atoms with van der Waals surface area (Å²) in [6, 6.07) is 41.2. The first-order valence-electron chi connectivity index (χ1n) is 14.4. The number of hydrogen-bond donors (Lipinski definition) is 0. The highest BCUT2D eigenvalue weighted by Gasteiger charge is 2.53. The predicted molar refractivity (Wildman–Crippen MR) is 165 cm³/mol. The summed E-state index contributed by atoms with van der Waals surface area (Å²) in [4.78, 5) is 0. The zero-order chi connectivity index (χ0) is 28.0. The molecule has 2 aliphatic heterocycles. The van der Waals surface area contributed by atoms with Gasteiger partial charge < -0.3 is 14.0 Å². The minimum atomic E-state index is -0.493. The molecule has 5 aromatic carbocycles. The van der Waals surface area contributed by atoms with Gasteiger partial charge in [0.1, 0.15) is 11.5 Å². The van der Waals surface area contributed by atoms with Gasteiger partial charge in [-0.25, -0.2) is 0 Å². The lowest BCUT2D eigenvalue weighted by molar-refractivity contribution is 0.00578. The van der Waals surface area contributed by atoms with Crippen molar-refractivity contribution in [3.63, 3.8) is 0 Å². The summed E-state index contributed by atoms with van der Waals surface area (Å²) in [6.45, 7) is 8.40. The predicted octanol–water partition coefficient (Wildman–Crippen LogP) is 8.12. The smallest absolute Gasteiger partial charge is 0.457 e. The van der Waals surface area contributed by atoms with Crippen LogP contribution in [0.4, 0.5) is 0 Å². The van der Waals surface area contributed by atoms with E-state index in [1.807, 2.05) is 0 Å². The molecule has 2 heterocycles. The van der Waals surface area contributed by atoms with Crippen molar-refractivity contribution in [1.29, 1.82) is 0 Å². The molecule has 1 spiro atoms. The van der Waals surface area contributed by atoms with Crippen LogP contribution in [-0.4, -0.2) is 18.3 Å². The Morgan fingerprint density at radius 2 is 1.00 bits per heavy atom. The molecule has 0 N–H and O–H groups in total. The molecule has 1 fully saturated rings. The largest absolute Gasteiger partial charge is 0.495 e. The van der Waals surface area contributed by atoms with Crippen LogP contribution < -0.4 is 10.2 Å². The van der Waals surface area contributed by atoms with Crippen molar-refractivity contribution in [2.75, 3.05) is 0 Å². The Bertz CT molecular complexity index is 1790. The van der Waals surface area contributed by atoms with Gasteiger partial charge in [-0.1, -0.05) is 97.1 Å². The second kappa shape index (κ2) is 8.45. The number of rotatable bonds is 2. The van der Waals surface area contributed by atoms with Crippen LogP contribution in [0.5, 0.6) is 11.5 Å². The molecule has 4 heteroatoms. The average Bonchev–Trinajstić information content (AvgIpc) is 3.40. The van der Waals surface area contributed by atoms with E-state index in [4.69, 9.17) is 14.0 Å². The van der Waals surface area contributed by atoms with Crippen LogP contribution in [0.2, 0.25) is 0 Å². The SMILES string of the molecule is CC1(C)OB(c2ccccc2-c2ccc3c(c2)C2(c4ccccc4O3)c3ccccc3-c3ccccc32)OC1(C)C. The first kappa shape index (κ1) is 24.7. The Hall–Kier alpha value is -4.12. The minimum absolute atomic E-state index is 0.417. The van der Waals surface area contributed by atoms with E-state index in [9.17, 15) is 0 Å². The highest BCUT2D eigenvalue weighted by Crippen LogP contribution is 2.62. The maximum absolute atomic E-state index is 6.62. The van der Waals surface area contributed by atoms with Crippen LogP contribution in [0.1, 0.15) is 49.9 Å². The number of ether oxygens (including phenoxy) is 1. The van der Waals surface area contributed by atoms with Crippen molar-refractivity contribution in [1.82, 2.24) is 0 Å². The van der Waals surface area contributed by atoms with Crippen LogP contribution in [0.15, 0.2) is 115 Å². The molecule has 0 aromatic heterocycles. The lowest BCUT2D eigenvalue weighted by atomic mass is 9.65. The first-order chi connectivity index (χ1) is 19.8.